The van der Waals surface area contributed by atoms with Gasteiger partial charge in [-0.1, -0.05) is 6.42 Å². The fourth-order valence-electron chi connectivity index (χ4n) is 2.78. The van der Waals surface area contributed by atoms with E-state index in [4.69, 9.17) is 0 Å². The highest BCUT2D eigenvalue weighted by atomic mass is 32.2. The molecule has 2 bridgehead atoms. The van der Waals surface area contributed by atoms with Crippen molar-refractivity contribution in [3.05, 3.63) is 0 Å². The Morgan fingerprint density at radius 3 is 2.54 bits per heavy atom. The van der Waals surface area contributed by atoms with E-state index in [1.807, 2.05) is 11.8 Å². The minimum Gasteiger partial charge on any atom is -0.395 e. The number of hydrogen-bond donors (Lipinski definition) is 1. The highest BCUT2D eigenvalue weighted by molar-refractivity contribution is 8.01. The normalized spacial score (nSPS) is 38.5. The molecule has 2 aliphatic rings. The number of aliphatic hydroxyl groups is 1. The van der Waals surface area contributed by atoms with Crippen LogP contribution in [0.15, 0.2) is 0 Å². The van der Waals surface area contributed by atoms with Crippen molar-refractivity contribution in [3.8, 4) is 0 Å². The molecular formula is C11H20OS. The molecule has 13 heavy (non-hydrogen) atoms. The molecule has 2 aliphatic carbocycles. The van der Waals surface area contributed by atoms with Gasteiger partial charge >= 0.3 is 0 Å². The maximum Gasteiger partial charge on any atom is 0.0572 e. The average molecular weight is 200 g/mol. The summed E-state index contributed by atoms with van der Waals surface area (Å²) in [7, 11) is 0. The molecule has 0 radical (unpaired) electrons. The second-order valence-electron chi connectivity index (χ2n) is 5.25. The summed E-state index contributed by atoms with van der Waals surface area (Å²) in [5.41, 5.74) is 0. The molecule has 2 rings (SSSR count). The predicted octanol–water partition coefficient (Wildman–Crippen LogP) is 2.68. The third-order valence-electron chi connectivity index (χ3n) is 3.52. The lowest BCUT2D eigenvalue weighted by atomic mass is 10.0. The Balaban J connectivity index is 1.89. The van der Waals surface area contributed by atoms with E-state index in [1.165, 1.54) is 25.7 Å². The van der Waals surface area contributed by atoms with Gasteiger partial charge < -0.3 is 5.11 Å². The third-order valence-corrected chi connectivity index (χ3v) is 5.17. The molecule has 0 amide bonds. The molecule has 76 valence electrons. The summed E-state index contributed by atoms with van der Waals surface area (Å²) in [5.74, 6) is 2.00. The first-order valence-electron chi connectivity index (χ1n) is 5.39. The van der Waals surface area contributed by atoms with Crippen molar-refractivity contribution in [1.29, 1.82) is 0 Å². The predicted molar refractivity (Wildman–Crippen MR) is 58.0 cm³/mol. The molecule has 2 fully saturated rings. The number of fused-ring (bicyclic) bond motifs is 2. The van der Waals surface area contributed by atoms with Crippen molar-refractivity contribution in [2.24, 2.45) is 11.8 Å². The summed E-state index contributed by atoms with van der Waals surface area (Å²) >= 11 is 2.02. The molecule has 0 aromatic heterocycles. The number of rotatable bonds is 3. The van der Waals surface area contributed by atoms with Crippen molar-refractivity contribution >= 4 is 11.8 Å². The molecule has 0 saturated heterocycles. The van der Waals surface area contributed by atoms with Crippen molar-refractivity contribution in [2.45, 2.75) is 49.5 Å². The summed E-state index contributed by atoms with van der Waals surface area (Å²) in [6.45, 7) is 4.62. The molecule has 0 aromatic carbocycles. The third kappa shape index (κ3) is 2.04. The van der Waals surface area contributed by atoms with E-state index in [2.05, 4.69) is 13.8 Å². The highest BCUT2D eigenvalue weighted by Gasteiger charge is 2.41. The topological polar surface area (TPSA) is 20.2 Å². The zero-order valence-electron chi connectivity index (χ0n) is 8.62. The van der Waals surface area contributed by atoms with Gasteiger partial charge in [-0.05, 0) is 44.9 Å². The number of thioether (sulfide) groups is 1. The molecule has 2 heteroatoms. The molecule has 3 atom stereocenters. The fraction of sp³-hybridized carbons (Fsp3) is 1.00. The van der Waals surface area contributed by atoms with E-state index in [1.54, 1.807) is 0 Å². The van der Waals surface area contributed by atoms with Gasteiger partial charge in [0.25, 0.3) is 0 Å². The van der Waals surface area contributed by atoms with Gasteiger partial charge in [-0.2, -0.15) is 0 Å². The zero-order chi connectivity index (χ0) is 9.47. The molecule has 2 saturated carbocycles. The molecule has 0 aromatic rings. The summed E-state index contributed by atoms with van der Waals surface area (Å²) in [6.07, 6.45) is 5.81. The second kappa shape index (κ2) is 3.47. The Morgan fingerprint density at radius 1 is 1.31 bits per heavy atom. The van der Waals surface area contributed by atoms with Crippen LogP contribution >= 0.6 is 11.8 Å². The van der Waals surface area contributed by atoms with Crippen LogP contribution < -0.4 is 0 Å². The molecular weight excluding hydrogens is 180 g/mol. The van der Waals surface area contributed by atoms with Crippen molar-refractivity contribution < 1.29 is 5.11 Å². The number of aliphatic hydroxyl groups excluding tert-OH is 1. The van der Waals surface area contributed by atoms with E-state index in [0.717, 1.165) is 17.1 Å². The van der Waals surface area contributed by atoms with E-state index in [9.17, 15) is 5.11 Å². The van der Waals surface area contributed by atoms with Crippen LogP contribution in [0.1, 0.15) is 39.5 Å². The Hall–Kier alpha value is 0.310. The van der Waals surface area contributed by atoms with E-state index in [-0.39, 0.29) is 4.75 Å². The van der Waals surface area contributed by atoms with Gasteiger partial charge in [0.05, 0.1) is 6.61 Å². The number of hydrogen-bond acceptors (Lipinski definition) is 2. The van der Waals surface area contributed by atoms with Crippen molar-refractivity contribution in [2.75, 3.05) is 6.61 Å². The Morgan fingerprint density at radius 2 is 2.08 bits per heavy atom. The fourth-order valence-corrected chi connectivity index (χ4v) is 4.48. The Labute approximate surface area is 85.3 Å². The summed E-state index contributed by atoms with van der Waals surface area (Å²) in [5, 5.41) is 10.1. The van der Waals surface area contributed by atoms with Crippen LogP contribution in [0.3, 0.4) is 0 Å². The summed E-state index contributed by atoms with van der Waals surface area (Å²) in [6, 6.07) is 0. The van der Waals surface area contributed by atoms with Gasteiger partial charge in [0.2, 0.25) is 0 Å². The van der Waals surface area contributed by atoms with Crippen LogP contribution in [0.2, 0.25) is 0 Å². The molecule has 0 heterocycles. The van der Waals surface area contributed by atoms with Crippen molar-refractivity contribution in [1.82, 2.24) is 0 Å². The first kappa shape index (κ1) is 9.85. The van der Waals surface area contributed by atoms with E-state index >= 15 is 0 Å². The van der Waals surface area contributed by atoms with Gasteiger partial charge in [-0.15, -0.1) is 11.8 Å². The molecule has 0 aliphatic heterocycles. The quantitative estimate of drug-likeness (QED) is 0.756. The van der Waals surface area contributed by atoms with Crippen LogP contribution in [0.5, 0.6) is 0 Å². The maximum atomic E-state index is 9.20. The Kier molecular flexibility index (Phi) is 2.63. The molecule has 1 N–H and O–H groups in total. The van der Waals surface area contributed by atoms with E-state index < -0.39 is 0 Å². The largest absolute Gasteiger partial charge is 0.395 e. The Bertz CT molecular complexity index is 191. The van der Waals surface area contributed by atoms with Crippen LogP contribution in [0.4, 0.5) is 0 Å². The van der Waals surface area contributed by atoms with Gasteiger partial charge in [0.15, 0.2) is 0 Å². The summed E-state index contributed by atoms with van der Waals surface area (Å²) < 4.78 is 0.0785. The van der Waals surface area contributed by atoms with Crippen molar-refractivity contribution in [3.63, 3.8) is 0 Å². The first-order valence-corrected chi connectivity index (χ1v) is 6.27. The van der Waals surface area contributed by atoms with Gasteiger partial charge in [-0.3, -0.25) is 0 Å². The highest BCUT2D eigenvalue weighted by Crippen LogP contribution is 2.51. The standard InChI is InChI=1S/C11H20OS/c1-11(2,7-12)13-10-6-8-3-4-9(10)5-8/h8-10,12H,3-7H2,1-2H3. The lowest BCUT2D eigenvalue weighted by molar-refractivity contribution is 0.264. The second-order valence-corrected chi connectivity index (χ2v) is 7.20. The minimum absolute atomic E-state index is 0.0785. The van der Waals surface area contributed by atoms with Gasteiger partial charge in [-0.25, -0.2) is 0 Å². The average Bonchev–Trinajstić information content (AvgIpc) is 2.64. The van der Waals surface area contributed by atoms with E-state index in [0.29, 0.717) is 6.61 Å². The summed E-state index contributed by atoms with van der Waals surface area (Å²) in [4.78, 5) is 0. The smallest absolute Gasteiger partial charge is 0.0572 e. The molecule has 3 unspecified atom stereocenters. The molecule has 1 nitrogen and oxygen atoms in total. The van der Waals surface area contributed by atoms with Gasteiger partial charge in [0.1, 0.15) is 0 Å². The lowest BCUT2D eigenvalue weighted by Crippen LogP contribution is -2.26. The van der Waals surface area contributed by atoms with Crippen LogP contribution in [-0.2, 0) is 0 Å². The monoisotopic (exact) mass is 200 g/mol. The first-order chi connectivity index (χ1) is 6.11. The minimum atomic E-state index is 0.0785. The van der Waals surface area contributed by atoms with Crippen LogP contribution in [0.25, 0.3) is 0 Å². The zero-order valence-corrected chi connectivity index (χ0v) is 9.44. The van der Waals surface area contributed by atoms with Crippen LogP contribution in [0, 0.1) is 11.8 Å². The SMILES string of the molecule is CC(C)(CO)SC1CC2CCC1C2. The maximum absolute atomic E-state index is 9.20. The van der Waals surface area contributed by atoms with Gasteiger partial charge in [0, 0.05) is 10.00 Å². The van der Waals surface area contributed by atoms with Crippen LogP contribution in [-0.4, -0.2) is 21.7 Å². The molecule has 0 spiro atoms. The lowest BCUT2D eigenvalue weighted by Gasteiger charge is -2.30.